The van der Waals surface area contributed by atoms with Crippen molar-refractivity contribution in [2.24, 2.45) is 16.7 Å². The highest BCUT2D eigenvalue weighted by Crippen LogP contribution is 2.68. The maximum atomic E-state index is 6.03. The van der Waals surface area contributed by atoms with Crippen LogP contribution in [0.5, 0.6) is 0 Å². The number of H-pyrrole nitrogens is 1. The van der Waals surface area contributed by atoms with Gasteiger partial charge in [-0.05, 0) is 47.2 Å². The van der Waals surface area contributed by atoms with Gasteiger partial charge in [0.15, 0.2) is 4.77 Å². The van der Waals surface area contributed by atoms with Crippen molar-refractivity contribution in [3.63, 3.8) is 0 Å². The maximum absolute atomic E-state index is 6.03. The van der Waals surface area contributed by atoms with E-state index in [1.807, 2.05) is 18.2 Å². The van der Waals surface area contributed by atoms with Gasteiger partial charge in [-0.25, -0.2) is 0 Å². The third kappa shape index (κ3) is 1.78. The topological polar surface area (TPSA) is 20.7 Å². The molecule has 1 saturated carbocycles. The third-order valence-corrected chi connectivity index (χ3v) is 5.98. The fraction of sp³-hybridized carbons (Fsp3) is 0.533. The molecule has 19 heavy (non-hydrogen) atoms. The molecule has 0 unspecified atom stereocenters. The summed E-state index contributed by atoms with van der Waals surface area (Å²) in [6.45, 7) is 10.3. The summed E-state index contributed by atoms with van der Waals surface area (Å²) in [4.78, 5) is 3.25. The molecular formula is C15H19ClN2S. The zero-order valence-corrected chi connectivity index (χ0v) is 13.3. The molecule has 3 rings (SSSR count). The molecule has 1 heterocycles. The van der Waals surface area contributed by atoms with Gasteiger partial charge in [-0.15, -0.1) is 0 Å². The first kappa shape index (κ1) is 13.2. The summed E-state index contributed by atoms with van der Waals surface area (Å²) in [5.41, 5.74) is 2.91. The molecule has 102 valence electrons. The lowest BCUT2D eigenvalue weighted by Crippen LogP contribution is -2.04. The van der Waals surface area contributed by atoms with Crippen LogP contribution in [0.15, 0.2) is 18.2 Å². The number of rotatable bonds is 2. The van der Waals surface area contributed by atoms with Crippen molar-refractivity contribution in [2.75, 3.05) is 0 Å². The number of hydrogen-bond acceptors (Lipinski definition) is 1. The van der Waals surface area contributed by atoms with Gasteiger partial charge in [-0.3, -0.25) is 0 Å². The fourth-order valence-electron chi connectivity index (χ4n) is 3.29. The Morgan fingerprint density at radius 1 is 1.26 bits per heavy atom. The number of aromatic amines is 1. The van der Waals surface area contributed by atoms with Gasteiger partial charge in [0, 0.05) is 11.6 Å². The van der Waals surface area contributed by atoms with Crippen LogP contribution in [-0.2, 0) is 6.54 Å². The molecule has 0 spiro atoms. The zero-order valence-electron chi connectivity index (χ0n) is 11.7. The van der Waals surface area contributed by atoms with Gasteiger partial charge in [-0.1, -0.05) is 39.3 Å². The van der Waals surface area contributed by atoms with Gasteiger partial charge in [0.05, 0.1) is 11.0 Å². The van der Waals surface area contributed by atoms with E-state index in [0.717, 1.165) is 27.4 Å². The first-order chi connectivity index (χ1) is 8.75. The molecule has 1 aromatic carbocycles. The number of benzene rings is 1. The van der Waals surface area contributed by atoms with Crippen molar-refractivity contribution in [3.8, 4) is 0 Å². The number of imidazole rings is 1. The minimum Gasteiger partial charge on any atom is -0.331 e. The summed E-state index contributed by atoms with van der Waals surface area (Å²) >= 11 is 11.5. The van der Waals surface area contributed by atoms with Crippen molar-refractivity contribution in [1.82, 2.24) is 9.55 Å². The summed E-state index contributed by atoms with van der Waals surface area (Å²) in [5.74, 6) is 0.654. The van der Waals surface area contributed by atoms with E-state index in [1.165, 1.54) is 0 Å². The first-order valence-electron chi connectivity index (χ1n) is 6.63. The molecular weight excluding hydrogens is 276 g/mol. The zero-order chi connectivity index (χ0) is 14.0. The van der Waals surface area contributed by atoms with Gasteiger partial charge in [0.2, 0.25) is 0 Å². The molecule has 4 heteroatoms. The number of nitrogens with zero attached hydrogens (tertiary/aromatic N) is 1. The Kier molecular flexibility index (Phi) is 2.68. The Bertz CT molecular complexity index is 694. The molecule has 1 N–H and O–H groups in total. The van der Waals surface area contributed by atoms with E-state index >= 15 is 0 Å². The van der Waals surface area contributed by atoms with Crippen molar-refractivity contribution in [3.05, 3.63) is 28.0 Å². The van der Waals surface area contributed by atoms with Gasteiger partial charge >= 0.3 is 0 Å². The minimum atomic E-state index is 0.373. The second-order valence-corrected chi connectivity index (χ2v) is 7.52. The van der Waals surface area contributed by atoms with Gasteiger partial charge in [0.25, 0.3) is 0 Å². The van der Waals surface area contributed by atoms with E-state index in [9.17, 15) is 0 Å². The van der Waals surface area contributed by atoms with Crippen molar-refractivity contribution >= 4 is 34.9 Å². The van der Waals surface area contributed by atoms with E-state index in [0.29, 0.717) is 16.7 Å². The van der Waals surface area contributed by atoms with Gasteiger partial charge < -0.3 is 9.55 Å². The van der Waals surface area contributed by atoms with Crippen LogP contribution >= 0.6 is 23.8 Å². The van der Waals surface area contributed by atoms with E-state index in [-0.39, 0.29) is 0 Å². The highest BCUT2D eigenvalue weighted by Gasteiger charge is 2.64. The van der Waals surface area contributed by atoms with Crippen LogP contribution in [-0.4, -0.2) is 9.55 Å². The van der Waals surface area contributed by atoms with Crippen LogP contribution in [0.25, 0.3) is 11.0 Å². The molecule has 2 nitrogen and oxygen atoms in total. The highest BCUT2D eigenvalue weighted by molar-refractivity contribution is 7.71. The number of fused-ring (bicyclic) bond motifs is 1. The predicted octanol–water partition coefficient (Wildman–Crippen LogP) is 5.03. The Morgan fingerprint density at radius 2 is 1.89 bits per heavy atom. The standard InChI is InChI=1S/C15H19ClN2S/c1-14(2)12(15(14,3)4)8-18-11-6-5-9(16)7-10(11)17-13(18)19/h5-7,12H,8H2,1-4H3,(H,17,19). The molecule has 0 radical (unpaired) electrons. The number of nitrogens with one attached hydrogen (secondary N) is 1. The van der Waals surface area contributed by atoms with Crippen LogP contribution in [0.1, 0.15) is 27.7 Å². The lowest BCUT2D eigenvalue weighted by atomic mass is 10.0. The lowest BCUT2D eigenvalue weighted by Gasteiger charge is -2.06. The van der Waals surface area contributed by atoms with Crippen molar-refractivity contribution < 1.29 is 0 Å². The summed E-state index contributed by atoms with van der Waals surface area (Å²) in [6.07, 6.45) is 0. The molecule has 1 aromatic heterocycles. The first-order valence-corrected chi connectivity index (χ1v) is 7.42. The van der Waals surface area contributed by atoms with Crippen molar-refractivity contribution in [2.45, 2.75) is 34.2 Å². The predicted molar refractivity (Wildman–Crippen MR) is 83.2 cm³/mol. The SMILES string of the molecule is CC1(C)C(Cn2c(=S)[nH]c3cc(Cl)ccc32)C1(C)C. The summed E-state index contributed by atoms with van der Waals surface area (Å²) in [7, 11) is 0. The normalized spacial score (nSPS) is 20.9. The molecule has 0 aliphatic heterocycles. The van der Waals surface area contributed by atoms with E-state index < -0.39 is 0 Å². The molecule has 1 fully saturated rings. The summed E-state index contributed by atoms with van der Waals surface area (Å²) < 4.78 is 3.00. The molecule has 1 aliphatic carbocycles. The quantitative estimate of drug-likeness (QED) is 0.770. The number of halogens is 1. The summed E-state index contributed by atoms with van der Waals surface area (Å²) in [6, 6.07) is 5.91. The molecule has 0 amide bonds. The Balaban J connectivity index is 2.03. The van der Waals surface area contributed by atoms with Crippen LogP contribution < -0.4 is 0 Å². The molecule has 1 aliphatic rings. The monoisotopic (exact) mass is 294 g/mol. The molecule has 0 saturated heterocycles. The Labute approximate surface area is 123 Å². The molecule has 0 atom stereocenters. The lowest BCUT2D eigenvalue weighted by molar-refractivity contribution is 0.457. The van der Waals surface area contributed by atoms with E-state index in [2.05, 4.69) is 37.2 Å². The van der Waals surface area contributed by atoms with Crippen LogP contribution in [0.3, 0.4) is 0 Å². The van der Waals surface area contributed by atoms with E-state index in [1.54, 1.807) is 0 Å². The third-order valence-electron chi connectivity index (χ3n) is 5.42. The van der Waals surface area contributed by atoms with Crippen LogP contribution in [0.4, 0.5) is 0 Å². The second kappa shape index (κ2) is 3.86. The molecule has 2 aromatic rings. The fourth-order valence-corrected chi connectivity index (χ4v) is 3.74. The highest BCUT2D eigenvalue weighted by atomic mass is 35.5. The summed E-state index contributed by atoms with van der Waals surface area (Å²) in [5, 5.41) is 0.739. The van der Waals surface area contributed by atoms with Crippen molar-refractivity contribution in [1.29, 1.82) is 0 Å². The number of aromatic nitrogens is 2. The largest absolute Gasteiger partial charge is 0.331 e. The van der Waals surface area contributed by atoms with Crippen LogP contribution in [0, 0.1) is 21.5 Å². The average Bonchev–Trinajstić information content (AvgIpc) is 2.57. The minimum absolute atomic E-state index is 0.373. The number of hydrogen-bond donors (Lipinski definition) is 1. The Morgan fingerprint density at radius 3 is 2.47 bits per heavy atom. The maximum Gasteiger partial charge on any atom is 0.178 e. The average molecular weight is 295 g/mol. The van der Waals surface area contributed by atoms with Gasteiger partial charge in [0.1, 0.15) is 0 Å². The molecule has 0 bridgehead atoms. The van der Waals surface area contributed by atoms with Gasteiger partial charge in [-0.2, -0.15) is 0 Å². The van der Waals surface area contributed by atoms with Crippen LogP contribution in [0.2, 0.25) is 5.02 Å². The Hall–Kier alpha value is -0.800. The second-order valence-electron chi connectivity index (χ2n) is 6.70. The van der Waals surface area contributed by atoms with E-state index in [4.69, 9.17) is 23.8 Å². The smallest absolute Gasteiger partial charge is 0.178 e.